The summed E-state index contributed by atoms with van der Waals surface area (Å²) in [5.41, 5.74) is 2.62. The van der Waals surface area contributed by atoms with Crippen LogP contribution < -0.4 is 0 Å². The highest BCUT2D eigenvalue weighted by atomic mass is 16.5. The largest absolute Gasteiger partial charge is 0.497 e. The van der Waals surface area contributed by atoms with Crippen molar-refractivity contribution in [3.05, 3.63) is 59.4 Å². The van der Waals surface area contributed by atoms with E-state index in [1.807, 2.05) is 6.08 Å². The first-order chi connectivity index (χ1) is 6.38. The predicted molar refractivity (Wildman–Crippen MR) is 54.2 cm³/mol. The summed E-state index contributed by atoms with van der Waals surface area (Å²) < 4.78 is 5.20. The number of methoxy groups -OCH3 is 1. The van der Waals surface area contributed by atoms with Crippen LogP contribution in [0.4, 0.5) is 0 Å². The Kier molecular flexibility index (Phi) is 2.17. The highest BCUT2D eigenvalue weighted by molar-refractivity contribution is 5.44. The SMILES string of the molecule is COC1=CC2=CC=CC=C(C=C1)C2. The van der Waals surface area contributed by atoms with Crippen molar-refractivity contribution in [2.45, 2.75) is 6.42 Å². The minimum absolute atomic E-state index is 0.921. The first kappa shape index (κ1) is 8.11. The molecule has 2 aliphatic rings. The average molecular weight is 172 g/mol. The Morgan fingerprint density at radius 1 is 1.08 bits per heavy atom. The van der Waals surface area contributed by atoms with E-state index in [9.17, 15) is 0 Å². The smallest absolute Gasteiger partial charge is 0.119 e. The molecule has 0 N–H and O–H groups in total. The number of hydrogen-bond acceptors (Lipinski definition) is 1. The molecule has 0 aromatic rings. The molecule has 0 heterocycles. The lowest BCUT2D eigenvalue weighted by Gasteiger charge is -1.99. The fourth-order valence-corrected chi connectivity index (χ4v) is 1.47. The molecule has 2 aliphatic carbocycles. The van der Waals surface area contributed by atoms with Gasteiger partial charge in [0.25, 0.3) is 0 Å². The number of fused-ring (bicyclic) bond motifs is 2. The number of ether oxygens (including phenoxy) is 1. The van der Waals surface area contributed by atoms with Crippen molar-refractivity contribution in [1.82, 2.24) is 0 Å². The van der Waals surface area contributed by atoms with Gasteiger partial charge < -0.3 is 4.74 Å². The molecule has 0 spiro atoms. The van der Waals surface area contributed by atoms with Crippen molar-refractivity contribution < 1.29 is 4.74 Å². The molecule has 66 valence electrons. The first-order valence-corrected chi connectivity index (χ1v) is 4.38. The molecule has 0 unspecified atom stereocenters. The highest BCUT2D eigenvalue weighted by Gasteiger charge is 2.05. The average Bonchev–Trinajstić information content (AvgIpc) is 2.49. The minimum atomic E-state index is 0.921. The summed E-state index contributed by atoms with van der Waals surface area (Å²) in [6.07, 6.45) is 15.6. The molecule has 1 nitrogen and oxygen atoms in total. The molecule has 0 radical (unpaired) electrons. The number of allylic oxidation sites excluding steroid dienone is 9. The van der Waals surface area contributed by atoms with Crippen LogP contribution in [0.2, 0.25) is 0 Å². The van der Waals surface area contributed by atoms with Crippen molar-refractivity contribution >= 4 is 0 Å². The van der Waals surface area contributed by atoms with Gasteiger partial charge in [0.05, 0.1) is 7.11 Å². The summed E-state index contributed by atoms with van der Waals surface area (Å²) in [6.45, 7) is 0. The van der Waals surface area contributed by atoms with Gasteiger partial charge in [-0.1, -0.05) is 30.4 Å². The second-order valence-corrected chi connectivity index (χ2v) is 3.13. The molecule has 13 heavy (non-hydrogen) atoms. The minimum Gasteiger partial charge on any atom is -0.497 e. The third-order valence-corrected chi connectivity index (χ3v) is 2.16. The Labute approximate surface area is 78.4 Å². The highest BCUT2D eigenvalue weighted by Crippen LogP contribution is 2.22. The lowest BCUT2D eigenvalue weighted by atomic mass is 10.1. The fourth-order valence-electron chi connectivity index (χ4n) is 1.47. The molecule has 0 amide bonds. The van der Waals surface area contributed by atoms with Crippen molar-refractivity contribution in [3.63, 3.8) is 0 Å². The van der Waals surface area contributed by atoms with Gasteiger partial charge in [-0.15, -0.1) is 0 Å². The van der Waals surface area contributed by atoms with E-state index in [1.54, 1.807) is 7.11 Å². The van der Waals surface area contributed by atoms with Crippen molar-refractivity contribution in [2.24, 2.45) is 0 Å². The summed E-state index contributed by atoms with van der Waals surface area (Å²) in [5.74, 6) is 0.921. The van der Waals surface area contributed by atoms with Crippen LogP contribution >= 0.6 is 0 Å². The number of rotatable bonds is 1. The maximum atomic E-state index is 5.20. The molecule has 0 saturated carbocycles. The lowest BCUT2D eigenvalue weighted by Crippen LogP contribution is -1.82. The molecule has 0 atom stereocenters. The second kappa shape index (κ2) is 3.48. The van der Waals surface area contributed by atoms with Crippen LogP contribution in [0.5, 0.6) is 0 Å². The van der Waals surface area contributed by atoms with Gasteiger partial charge in [-0.3, -0.25) is 0 Å². The quantitative estimate of drug-likeness (QED) is 0.591. The maximum Gasteiger partial charge on any atom is 0.119 e. The molecular weight excluding hydrogens is 160 g/mol. The standard InChI is InChI=1S/C12H12O/c1-13-12-7-6-10-4-2-3-5-11(8-10)9-12/h2-7,9H,8H2,1H3. The fraction of sp³-hybridized carbons (Fsp3) is 0.167. The van der Waals surface area contributed by atoms with Crippen LogP contribution in [0, 0.1) is 0 Å². The Bertz CT molecular complexity index is 351. The van der Waals surface area contributed by atoms with Crippen LogP contribution in [0.15, 0.2) is 59.4 Å². The molecule has 0 aromatic heterocycles. The Hall–Kier alpha value is -1.50. The third-order valence-electron chi connectivity index (χ3n) is 2.16. The topological polar surface area (TPSA) is 9.23 Å². The second-order valence-electron chi connectivity index (χ2n) is 3.13. The maximum absolute atomic E-state index is 5.20. The summed E-state index contributed by atoms with van der Waals surface area (Å²) >= 11 is 0. The van der Waals surface area contributed by atoms with Crippen LogP contribution in [0.3, 0.4) is 0 Å². The molecule has 0 aliphatic heterocycles. The van der Waals surface area contributed by atoms with Gasteiger partial charge in [0, 0.05) is 0 Å². The van der Waals surface area contributed by atoms with E-state index >= 15 is 0 Å². The van der Waals surface area contributed by atoms with Gasteiger partial charge in [-0.25, -0.2) is 0 Å². The van der Waals surface area contributed by atoms with E-state index in [2.05, 4.69) is 36.5 Å². The molecule has 0 fully saturated rings. The molecule has 1 heteroatoms. The zero-order chi connectivity index (χ0) is 9.10. The van der Waals surface area contributed by atoms with Gasteiger partial charge in [0.1, 0.15) is 5.76 Å². The molecule has 2 rings (SSSR count). The van der Waals surface area contributed by atoms with E-state index in [1.165, 1.54) is 11.1 Å². The Morgan fingerprint density at radius 2 is 1.85 bits per heavy atom. The van der Waals surface area contributed by atoms with Gasteiger partial charge in [0.15, 0.2) is 0 Å². The van der Waals surface area contributed by atoms with E-state index in [0.29, 0.717) is 0 Å². The van der Waals surface area contributed by atoms with E-state index in [0.717, 1.165) is 12.2 Å². The third kappa shape index (κ3) is 1.81. The van der Waals surface area contributed by atoms with Gasteiger partial charge in [-0.2, -0.15) is 0 Å². The lowest BCUT2D eigenvalue weighted by molar-refractivity contribution is 0.307. The Balaban J connectivity index is 2.42. The molecular formula is C12H12O. The molecule has 2 bridgehead atoms. The predicted octanol–water partition coefficient (Wildman–Crippen LogP) is 2.90. The monoisotopic (exact) mass is 172 g/mol. The van der Waals surface area contributed by atoms with Crippen LogP contribution in [-0.2, 0) is 4.74 Å². The van der Waals surface area contributed by atoms with Crippen molar-refractivity contribution in [3.8, 4) is 0 Å². The summed E-state index contributed by atoms with van der Waals surface area (Å²) in [7, 11) is 1.70. The van der Waals surface area contributed by atoms with Crippen LogP contribution in [0.1, 0.15) is 6.42 Å². The first-order valence-electron chi connectivity index (χ1n) is 4.38. The van der Waals surface area contributed by atoms with Crippen molar-refractivity contribution in [2.75, 3.05) is 7.11 Å². The van der Waals surface area contributed by atoms with Crippen LogP contribution in [-0.4, -0.2) is 7.11 Å². The van der Waals surface area contributed by atoms with Crippen LogP contribution in [0.25, 0.3) is 0 Å². The van der Waals surface area contributed by atoms with Gasteiger partial charge >= 0.3 is 0 Å². The van der Waals surface area contributed by atoms with Gasteiger partial charge in [-0.05, 0) is 29.7 Å². The van der Waals surface area contributed by atoms with Crippen molar-refractivity contribution in [1.29, 1.82) is 0 Å². The normalized spacial score (nSPS) is 19.6. The summed E-state index contributed by atoms with van der Waals surface area (Å²) in [5, 5.41) is 0. The van der Waals surface area contributed by atoms with E-state index in [-0.39, 0.29) is 0 Å². The zero-order valence-corrected chi connectivity index (χ0v) is 7.66. The summed E-state index contributed by atoms with van der Waals surface area (Å²) in [4.78, 5) is 0. The van der Waals surface area contributed by atoms with E-state index in [4.69, 9.17) is 4.74 Å². The Morgan fingerprint density at radius 3 is 2.62 bits per heavy atom. The van der Waals surface area contributed by atoms with Gasteiger partial charge in [0.2, 0.25) is 0 Å². The number of hydrogen-bond donors (Lipinski definition) is 0. The van der Waals surface area contributed by atoms with E-state index < -0.39 is 0 Å². The molecule has 0 saturated heterocycles. The summed E-state index contributed by atoms with van der Waals surface area (Å²) in [6, 6.07) is 0. The zero-order valence-electron chi connectivity index (χ0n) is 7.66. The molecule has 0 aromatic carbocycles.